The smallest absolute Gasteiger partial charge is 0.246 e. The van der Waals surface area contributed by atoms with Crippen LogP contribution in [0.5, 0.6) is 0 Å². The van der Waals surface area contributed by atoms with Crippen LogP contribution in [0.2, 0.25) is 0 Å². The predicted molar refractivity (Wildman–Crippen MR) is 78.8 cm³/mol. The molecule has 2 unspecified atom stereocenters. The molecule has 1 aromatic rings. The number of likely N-dealkylation sites (tertiary alicyclic amines) is 1. The Labute approximate surface area is 118 Å². The van der Waals surface area contributed by atoms with E-state index in [2.05, 4.69) is 11.9 Å². The second kappa shape index (κ2) is 6.30. The highest BCUT2D eigenvalue weighted by Gasteiger charge is 2.29. The van der Waals surface area contributed by atoms with Crippen LogP contribution < -0.4 is 5.73 Å². The number of aryl methyl sites for hydroxylation is 1. The van der Waals surface area contributed by atoms with Crippen LogP contribution >= 0.6 is 11.3 Å². The molecule has 104 valence electrons. The number of nitrogens with two attached hydrogens (primary N) is 1. The van der Waals surface area contributed by atoms with Gasteiger partial charge in [-0.05, 0) is 31.8 Å². The van der Waals surface area contributed by atoms with Gasteiger partial charge in [0.05, 0.1) is 10.7 Å². The maximum absolute atomic E-state index is 12.3. The fraction of sp³-hybridized carbons (Fsp3) is 0.571. The Balaban J connectivity index is 2.04. The predicted octanol–water partition coefficient (Wildman–Crippen LogP) is 2.05. The molecule has 1 amide bonds. The van der Waals surface area contributed by atoms with E-state index < -0.39 is 0 Å². The van der Waals surface area contributed by atoms with Crippen molar-refractivity contribution in [3.63, 3.8) is 0 Å². The third kappa shape index (κ3) is 3.42. The van der Waals surface area contributed by atoms with E-state index in [1.165, 1.54) is 0 Å². The Morgan fingerprint density at radius 2 is 2.47 bits per heavy atom. The number of carbonyl (C=O) groups excluding carboxylic acids is 1. The van der Waals surface area contributed by atoms with Gasteiger partial charge in [0.2, 0.25) is 5.91 Å². The SMILES string of the molecule is Cc1nc(C=CC(=O)N2CCCC(C)C2CN)cs1. The Bertz CT molecular complexity index is 469. The standard InChI is InChI=1S/C14H21N3OS/c1-10-4-3-7-17(13(10)8-15)14(18)6-5-12-9-19-11(2)16-12/h5-6,9-10,13H,3-4,7-8,15H2,1-2H3. The van der Waals surface area contributed by atoms with Gasteiger partial charge in [-0.25, -0.2) is 4.98 Å². The summed E-state index contributed by atoms with van der Waals surface area (Å²) >= 11 is 1.59. The Morgan fingerprint density at radius 3 is 3.11 bits per heavy atom. The minimum absolute atomic E-state index is 0.0488. The highest BCUT2D eigenvalue weighted by atomic mass is 32.1. The maximum atomic E-state index is 12.3. The van der Waals surface area contributed by atoms with E-state index >= 15 is 0 Å². The minimum Gasteiger partial charge on any atom is -0.335 e. The van der Waals surface area contributed by atoms with Crippen LogP contribution in [0.3, 0.4) is 0 Å². The number of thiazole rings is 1. The van der Waals surface area contributed by atoms with Crippen LogP contribution in [-0.4, -0.2) is 34.9 Å². The Morgan fingerprint density at radius 1 is 1.68 bits per heavy atom. The van der Waals surface area contributed by atoms with Gasteiger partial charge in [0.1, 0.15) is 0 Å². The number of rotatable bonds is 3. The number of hydrogen-bond donors (Lipinski definition) is 1. The van der Waals surface area contributed by atoms with E-state index in [9.17, 15) is 4.79 Å². The normalized spacial score (nSPS) is 24.1. The minimum atomic E-state index is 0.0488. The molecule has 0 bridgehead atoms. The third-order valence-corrected chi connectivity index (χ3v) is 4.47. The summed E-state index contributed by atoms with van der Waals surface area (Å²) in [6.07, 6.45) is 5.63. The lowest BCUT2D eigenvalue weighted by molar-refractivity contribution is -0.130. The monoisotopic (exact) mass is 279 g/mol. The first-order valence-corrected chi connectivity index (χ1v) is 7.60. The van der Waals surface area contributed by atoms with Gasteiger partial charge in [-0.15, -0.1) is 11.3 Å². The topological polar surface area (TPSA) is 59.2 Å². The molecule has 1 saturated heterocycles. The third-order valence-electron chi connectivity index (χ3n) is 3.67. The largest absolute Gasteiger partial charge is 0.335 e. The van der Waals surface area contributed by atoms with E-state index in [4.69, 9.17) is 5.73 Å². The summed E-state index contributed by atoms with van der Waals surface area (Å²) < 4.78 is 0. The van der Waals surface area contributed by atoms with Gasteiger partial charge >= 0.3 is 0 Å². The molecule has 0 radical (unpaired) electrons. The van der Waals surface area contributed by atoms with Crippen LogP contribution in [0, 0.1) is 12.8 Å². The van der Waals surface area contributed by atoms with Crippen LogP contribution in [0.4, 0.5) is 0 Å². The molecule has 5 heteroatoms. The van der Waals surface area contributed by atoms with Crippen molar-refractivity contribution in [2.75, 3.05) is 13.1 Å². The molecule has 1 aromatic heterocycles. The lowest BCUT2D eigenvalue weighted by Gasteiger charge is -2.38. The second-order valence-electron chi connectivity index (χ2n) is 5.08. The van der Waals surface area contributed by atoms with Gasteiger partial charge < -0.3 is 10.6 Å². The molecular weight excluding hydrogens is 258 g/mol. The van der Waals surface area contributed by atoms with Crippen molar-refractivity contribution >= 4 is 23.3 Å². The molecule has 4 nitrogen and oxygen atoms in total. The van der Waals surface area contributed by atoms with Crippen molar-refractivity contribution in [3.05, 3.63) is 22.2 Å². The molecule has 1 aliphatic heterocycles. The molecule has 2 rings (SSSR count). The van der Waals surface area contributed by atoms with Gasteiger partial charge in [-0.1, -0.05) is 6.92 Å². The van der Waals surface area contributed by atoms with E-state index in [0.717, 1.165) is 30.1 Å². The molecule has 19 heavy (non-hydrogen) atoms. The fourth-order valence-electron chi connectivity index (χ4n) is 2.59. The van der Waals surface area contributed by atoms with Crippen molar-refractivity contribution in [2.45, 2.75) is 32.7 Å². The molecule has 2 N–H and O–H groups in total. The Kier molecular flexibility index (Phi) is 4.71. The summed E-state index contributed by atoms with van der Waals surface area (Å²) in [6.45, 7) is 5.48. The summed E-state index contributed by atoms with van der Waals surface area (Å²) in [4.78, 5) is 18.5. The van der Waals surface area contributed by atoms with Gasteiger partial charge in [-0.3, -0.25) is 4.79 Å². The summed E-state index contributed by atoms with van der Waals surface area (Å²) in [5, 5.41) is 2.97. The zero-order valence-corrected chi connectivity index (χ0v) is 12.3. The summed E-state index contributed by atoms with van der Waals surface area (Å²) in [7, 11) is 0. The molecule has 1 aliphatic rings. The summed E-state index contributed by atoms with van der Waals surface area (Å²) in [6, 6.07) is 0.170. The highest BCUT2D eigenvalue weighted by molar-refractivity contribution is 7.09. The quantitative estimate of drug-likeness (QED) is 0.862. The molecule has 0 saturated carbocycles. The van der Waals surface area contributed by atoms with E-state index in [1.54, 1.807) is 23.5 Å². The maximum Gasteiger partial charge on any atom is 0.246 e. The van der Waals surface area contributed by atoms with Crippen molar-refractivity contribution in [1.29, 1.82) is 0 Å². The number of nitrogens with zero attached hydrogens (tertiary/aromatic N) is 2. The van der Waals surface area contributed by atoms with Crippen molar-refractivity contribution < 1.29 is 4.79 Å². The van der Waals surface area contributed by atoms with E-state index in [1.807, 2.05) is 17.2 Å². The zero-order chi connectivity index (χ0) is 13.8. The van der Waals surface area contributed by atoms with Crippen molar-refractivity contribution in [1.82, 2.24) is 9.88 Å². The lowest BCUT2D eigenvalue weighted by Crippen LogP contribution is -2.50. The van der Waals surface area contributed by atoms with Gasteiger partial charge in [0, 0.05) is 30.6 Å². The molecule has 1 fully saturated rings. The summed E-state index contributed by atoms with van der Waals surface area (Å²) in [5.74, 6) is 0.533. The Hall–Kier alpha value is -1.20. The zero-order valence-electron chi connectivity index (χ0n) is 11.5. The number of hydrogen-bond acceptors (Lipinski definition) is 4. The first-order valence-electron chi connectivity index (χ1n) is 6.72. The number of aromatic nitrogens is 1. The number of piperidine rings is 1. The molecule has 2 atom stereocenters. The van der Waals surface area contributed by atoms with Crippen LogP contribution in [-0.2, 0) is 4.79 Å². The van der Waals surface area contributed by atoms with Gasteiger partial charge in [-0.2, -0.15) is 0 Å². The summed E-state index contributed by atoms with van der Waals surface area (Å²) in [5.41, 5.74) is 6.66. The molecular formula is C14H21N3OS. The van der Waals surface area contributed by atoms with Gasteiger partial charge in [0.25, 0.3) is 0 Å². The van der Waals surface area contributed by atoms with Gasteiger partial charge in [0.15, 0.2) is 0 Å². The first kappa shape index (κ1) is 14.2. The average molecular weight is 279 g/mol. The fourth-order valence-corrected chi connectivity index (χ4v) is 3.17. The number of carbonyl (C=O) groups is 1. The lowest BCUT2D eigenvalue weighted by atomic mass is 9.91. The first-order chi connectivity index (χ1) is 9.11. The number of amides is 1. The molecule has 0 aromatic carbocycles. The molecule has 0 aliphatic carbocycles. The van der Waals surface area contributed by atoms with Crippen molar-refractivity contribution in [2.24, 2.45) is 11.7 Å². The average Bonchev–Trinajstić information content (AvgIpc) is 2.81. The molecule has 2 heterocycles. The van der Waals surface area contributed by atoms with E-state index in [-0.39, 0.29) is 11.9 Å². The highest BCUT2D eigenvalue weighted by Crippen LogP contribution is 2.23. The second-order valence-corrected chi connectivity index (χ2v) is 6.14. The van der Waals surface area contributed by atoms with Crippen LogP contribution in [0.1, 0.15) is 30.5 Å². The van der Waals surface area contributed by atoms with Crippen LogP contribution in [0.25, 0.3) is 6.08 Å². The molecule has 0 spiro atoms. The van der Waals surface area contributed by atoms with Crippen molar-refractivity contribution in [3.8, 4) is 0 Å². The van der Waals surface area contributed by atoms with Crippen LogP contribution in [0.15, 0.2) is 11.5 Å². The van der Waals surface area contributed by atoms with E-state index in [0.29, 0.717) is 12.5 Å².